The number of ketones is 1. The van der Waals surface area contributed by atoms with E-state index in [9.17, 15) is 4.79 Å². The van der Waals surface area contributed by atoms with Crippen LogP contribution in [-0.2, 0) is 25.7 Å². The monoisotopic (exact) mass is 266 g/mol. The van der Waals surface area contributed by atoms with Crippen molar-refractivity contribution in [2.45, 2.75) is 45.4 Å². The highest BCUT2D eigenvalue weighted by Gasteiger charge is 2.25. The standard InChI is InChI=1S/C17H18N2O/c1-11(20)16-8-9-19(18-16)17-14-6-2-4-12(14)10-13-5-3-7-15(13)17/h8-10H,2-7H2,1H3. The van der Waals surface area contributed by atoms with Gasteiger partial charge in [-0.1, -0.05) is 6.07 Å². The third-order valence-electron chi connectivity index (χ3n) is 4.62. The zero-order chi connectivity index (χ0) is 13.7. The van der Waals surface area contributed by atoms with E-state index in [1.165, 1.54) is 53.6 Å². The number of aryl methyl sites for hydroxylation is 2. The van der Waals surface area contributed by atoms with E-state index in [1.807, 2.05) is 16.9 Å². The van der Waals surface area contributed by atoms with Gasteiger partial charge < -0.3 is 0 Å². The average Bonchev–Trinajstić information content (AvgIpc) is 3.15. The lowest BCUT2D eigenvalue weighted by Gasteiger charge is -2.14. The quantitative estimate of drug-likeness (QED) is 0.783. The Hall–Kier alpha value is -1.90. The smallest absolute Gasteiger partial charge is 0.179 e. The predicted octanol–water partition coefficient (Wildman–Crippen LogP) is 3.05. The molecule has 0 bridgehead atoms. The van der Waals surface area contributed by atoms with Crippen LogP contribution in [0.1, 0.15) is 52.5 Å². The Morgan fingerprint density at radius 3 is 2.30 bits per heavy atom. The zero-order valence-corrected chi connectivity index (χ0v) is 11.8. The van der Waals surface area contributed by atoms with Gasteiger partial charge in [0, 0.05) is 13.1 Å². The third kappa shape index (κ3) is 1.65. The van der Waals surface area contributed by atoms with Gasteiger partial charge in [-0.3, -0.25) is 4.79 Å². The number of carbonyl (C=O) groups excluding carboxylic acids is 1. The number of hydrogen-bond acceptors (Lipinski definition) is 2. The first kappa shape index (κ1) is 11.9. The Kier molecular flexibility index (Phi) is 2.56. The van der Waals surface area contributed by atoms with E-state index < -0.39 is 0 Å². The summed E-state index contributed by atoms with van der Waals surface area (Å²) in [5.74, 6) is 0.0352. The fourth-order valence-electron chi connectivity index (χ4n) is 3.70. The minimum absolute atomic E-state index is 0.0352. The van der Waals surface area contributed by atoms with Crippen LogP contribution in [-0.4, -0.2) is 15.6 Å². The molecule has 2 aliphatic carbocycles. The number of fused-ring (bicyclic) bond motifs is 2. The van der Waals surface area contributed by atoms with Gasteiger partial charge in [-0.2, -0.15) is 5.10 Å². The summed E-state index contributed by atoms with van der Waals surface area (Å²) in [5, 5.41) is 4.50. The number of rotatable bonds is 2. The molecule has 0 saturated carbocycles. The first-order chi connectivity index (χ1) is 9.74. The molecule has 0 aliphatic heterocycles. The van der Waals surface area contributed by atoms with E-state index in [-0.39, 0.29) is 5.78 Å². The molecule has 1 heterocycles. The van der Waals surface area contributed by atoms with Crippen molar-refractivity contribution in [3.05, 3.63) is 46.3 Å². The minimum Gasteiger partial charge on any atom is -0.293 e. The first-order valence-corrected chi connectivity index (χ1v) is 7.47. The van der Waals surface area contributed by atoms with Gasteiger partial charge in [-0.05, 0) is 66.8 Å². The molecule has 3 nitrogen and oxygen atoms in total. The summed E-state index contributed by atoms with van der Waals surface area (Å²) in [4.78, 5) is 11.5. The van der Waals surface area contributed by atoms with Gasteiger partial charge in [-0.15, -0.1) is 0 Å². The van der Waals surface area contributed by atoms with Gasteiger partial charge in [0.2, 0.25) is 0 Å². The molecule has 1 aromatic heterocycles. The Morgan fingerprint density at radius 2 is 1.75 bits per heavy atom. The topological polar surface area (TPSA) is 34.9 Å². The minimum atomic E-state index is 0.0352. The predicted molar refractivity (Wildman–Crippen MR) is 77.6 cm³/mol. The van der Waals surface area contributed by atoms with Crippen molar-refractivity contribution in [3.8, 4) is 5.69 Å². The highest BCUT2D eigenvalue weighted by atomic mass is 16.1. The van der Waals surface area contributed by atoms with Crippen LogP contribution in [0.25, 0.3) is 5.69 Å². The van der Waals surface area contributed by atoms with E-state index in [0.29, 0.717) is 5.69 Å². The largest absolute Gasteiger partial charge is 0.293 e. The SMILES string of the molecule is CC(=O)c1ccn(-c2c3c(cc4c2CCC4)CCC3)n1. The van der Waals surface area contributed by atoms with E-state index in [2.05, 4.69) is 11.2 Å². The average molecular weight is 266 g/mol. The fourth-order valence-corrected chi connectivity index (χ4v) is 3.70. The van der Waals surface area contributed by atoms with Gasteiger partial charge in [0.25, 0.3) is 0 Å². The van der Waals surface area contributed by atoms with Gasteiger partial charge in [0.15, 0.2) is 5.78 Å². The van der Waals surface area contributed by atoms with E-state index >= 15 is 0 Å². The Morgan fingerprint density at radius 1 is 1.10 bits per heavy atom. The van der Waals surface area contributed by atoms with Crippen LogP contribution >= 0.6 is 0 Å². The van der Waals surface area contributed by atoms with Gasteiger partial charge in [0.1, 0.15) is 5.69 Å². The molecule has 0 radical (unpaired) electrons. The molecular weight excluding hydrogens is 248 g/mol. The second-order valence-electron chi connectivity index (χ2n) is 5.91. The van der Waals surface area contributed by atoms with Crippen LogP contribution in [0.2, 0.25) is 0 Å². The third-order valence-corrected chi connectivity index (χ3v) is 4.62. The van der Waals surface area contributed by atoms with Gasteiger partial charge in [-0.25, -0.2) is 4.68 Å². The van der Waals surface area contributed by atoms with Crippen molar-refractivity contribution in [3.63, 3.8) is 0 Å². The molecule has 0 unspecified atom stereocenters. The van der Waals surface area contributed by atoms with Crippen LogP contribution in [0.4, 0.5) is 0 Å². The lowest BCUT2D eigenvalue weighted by molar-refractivity contribution is 0.101. The highest BCUT2D eigenvalue weighted by Crippen LogP contribution is 2.37. The Balaban J connectivity index is 1.94. The van der Waals surface area contributed by atoms with Crippen LogP contribution in [0.5, 0.6) is 0 Å². The number of hydrogen-bond donors (Lipinski definition) is 0. The van der Waals surface area contributed by atoms with Crippen molar-refractivity contribution in [1.82, 2.24) is 9.78 Å². The number of benzene rings is 1. The van der Waals surface area contributed by atoms with E-state index in [1.54, 1.807) is 6.92 Å². The van der Waals surface area contributed by atoms with E-state index in [4.69, 9.17) is 0 Å². The number of nitrogens with zero attached hydrogens (tertiary/aromatic N) is 2. The summed E-state index contributed by atoms with van der Waals surface area (Å²) in [6, 6.07) is 4.25. The molecular formula is C17H18N2O. The maximum atomic E-state index is 11.5. The lowest BCUT2D eigenvalue weighted by atomic mass is 9.99. The Bertz CT molecular complexity index is 680. The highest BCUT2D eigenvalue weighted by molar-refractivity contribution is 5.92. The van der Waals surface area contributed by atoms with Crippen LogP contribution in [0.15, 0.2) is 18.3 Å². The summed E-state index contributed by atoms with van der Waals surface area (Å²) in [6.45, 7) is 1.58. The number of Topliss-reactive ketones (excluding diaryl/α,β-unsaturated/α-hetero) is 1. The van der Waals surface area contributed by atoms with Gasteiger partial charge in [0.05, 0.1) is 5.69 Å². The summed E-state index contributed by atoms with van der Waals surface area (Å²) in [5.41, 5.74) is 7.76. The molecule has 0 fully saturated rings. The molecule has 0 N–H and O–H groups in total. The first-order valence-electron chi connectivity index (χ1n) is 7.47. The molecule has 0 spiro atoms. The van der Waals surface area contributed by atoms with Crippen LogP contribution in [0.3, 0.4) is 0 Å². The number of carbonyl (C=O) groups is 1. The van der Waals surface area contributed by atoms with Gasteiger partial charge >= 0.3 is 0 Å². The van der Waals surface area contributed by atoms with Crippen LogP contribution in [0, 0.1) is 0 Å². The van der Waals surface area contributed by atoms with Crippen molar-refractivity contribution in [2.75, 3.05) is 0 Å². The number of aromatic nitrogens is 2. The lowest BCUT2D eigenvalue weighted by Crippen LogP contribution is -2.07. The molecule has 20 heavy (non-hydrogen) atoms. The van der Waals surface area contributed by atoms with Crippen molar-refractivity contribution < 1.29 is 4.79 Å². The van der Waals surface area contributed by atoms with Crippen molar-refractivity contribution in [1.29, 1.82) is 0 Å². The van der Waals surface area contributed by atoms with Crippen molar-refractivity contribution in [2.24, 2.45) is 0 Å². The molecule has 3 heteroatoms. The maximum absolute atomic E-state index is 11.5. The summed E-state index contributed by atoms with van der Waals surface area (Å²) in [7, 11) is 0. The Labute approximate surface area is 118 Å². The molecule has 102 valence electrons. The molecule has 2 aromatic rings. The van der Waals surface area contributed by atoms with E-state index in [0.717, 1.165) is 12.8 Å². The molecule has 1 aromatic carbocycles. The summed E-state index contributed by atoms with van der Waals surface area (Å²) >= 11 is 0. The normalized spacial score (nSPS) is 16.2. The second kappa shape index (κ2) is 4.30. The maximum Gasteiger partial charge on any atom is 0.179 e. The molecule has 0 saturated heterocycles. The molecule has 2 aliphatic rings. The second-order valence-corrected chi connectivity index (χ2v) is 5.91. The molecule has 0 amide bonds. The fraction of sp³-hybridized carbons (Fsp3) is 0.412. The van der Waals surface area contributed by atoms with Crippen molar-refractivity contribution >= 4 is 5.78 Å². The van der Waals surface area contributed by atoms with Crippen LogP contribution < -0.4 is 0 Å². The molecule has 0 atom stereocenters. The summed E-state index contributed by atoms with van der Waals surface area (Å²) < 4.78 is 1.95. The molecule has 4 rings (SSSR count). The zero-order valence-electron chi connectivity index (χ0n) is 11.8. The summed E-state index contributed by atoms with van der Waals surface area (Å²) in [6.07, 6.45) is 9.11.